The number of primary amides is 1. The van der Waals surface area contributed by atoms with Gasteiger partial charge in [0.05, 0.1) is 16.2 Å². The Labute approximate surface area is 114 Å². The second kappa shape index (κ2) is 5.44. The lowest BCUT2D eigenvalue weighted by Gasteiger charge is -2.13. The van der Waals surface area contributed by atoms with Gasteiger partial charge in [-0.25, -0.2) is 4.98 Å². The van der Waals surface area contributed by atoms with Crippen LogP contribution in [0.5, 0.6) is 0 Å². The van der Waals surface area contributed by atoms with Crippen molar-refractivity contribution >= 4 is 28.6 Å². The summed E-state index contributed by atoms with van der Waals surface area (Å²) in [6.07, 6.45) is 0. The molecular formula is C13H15N3O2S. The Balaban J connectivity index is 2.60. The highest BCUT2D eigenvalue weighted by molar-refractivity contribution is 8.00. The van der Waals surface area contributed by atoms with E-state index in [1.807, 2.05) is 19.1 Å². The molecule has 0 spiro atoms. The Bertz CT molecular complexity index is 681. The van der Waals surface area contributed by atoms with Gasteiger partial charge in [0.1, 0.15) is 0 Å². The van der Waals surface area contributed by atoms with Crippen LogP contribution in [0.3, 0.4) is 0 Å². The van der Waals surface area contributed by atoms with E-state index in [-0.39, 0.29) is 5.56 Å². The highest BCUT2D eigenvalue weighted by Crippen LogP contribution is 2.22. The van der Waals surface area contributed by atoms with Crippen molar-refractivity contribution in [3.63, 3.8) is 0 Å². The van der Waals surface area contributed by atoms with Crippen LogP contribution in [0.1, 0.15) is 13.8 Å². The average molecular weight is 277 g/mol. The number of nitrogens with two attached hydrogens (primary N) is 1. The van der Waals surface area contributed by atoms with Gasteiger partial charge in [-0.15, -0.1) is 0 Å². The largest absolute Gasteiger partial charge is 0.369 e. The van der Waals surface area contributed by atoms with Crippen molar-refractivity contribution in [1.82, 2.24) is 9.55 Å². The SMILES string of the molecule is CCn1c(SC(C)C(N)=O)nc2ccccc2c1=O. The number of amides is 1. The van der Waals surface area contributed by atoms with Crippen LogP contribution in [0.2, 0.25) is 0 Å². The first-order valence-corrected chi connectivity index (χ1v) is 6.88. The molecule has 100 valence electrons. The molecule has 1 aromatic carbocycles. The average Bonchev–Trinajstić information content (AvgIpc) is 2.39. The predicted octanol–water partition coefficient (Wildman–Crippen LogP) is 1.38. The van der Waals surface area contributed by atoms with E-state index in [0.717, 1.165) is 0 Å². The molecule has 0 radical (unpaired) electrons. The zero-order valence-electron chi connectivity index (χ0n) is 10.8. The van der Waals surface area contributed by atoms with E-state index in [1.165, 1.54) is 11.8 Å². The Morgan fingerprint density at radius 2 is 2.16 bits per heavy atom. The Morgan fingerprint density at radius 3 is 2.79 bits per heavy atom. The fraction of sp³-hybridized carbons (Fsp3) is 0.308. The molecule has 1 aromatic heterocycles. The molecule has 1 unspecified atom stereocenters. The number of para-hydroxylation sites is 1. The number of carbonyl (C=O) groups excluding carboxylic acids is 1. The number of fused-ring (bicyclic) bond motifs is 1. The summed E-state index contributed by atoms with van der Waals surface area (Å²) in [6, 6.07) is 7.18. The summed E-state index contributed by atoms with van der Waals surface area (Å²) in [5, 5.41) is 0.684. The number of carbonyl (C=O) groups is 1. The lowest BCUT2D eigenvalue weighted by atomic mass is 10.2. The highest BCUT2D eigenvalue weighted by Gasteiger charge is 2.16. The molecule has 0 bridgehead atoms. The minimum absolute atomic E-state index is 0.0905. The zero-order chi connectivity index (χ0) is 14.0. The van der Waals surface area contributed by atoms with Crippen LogP contribution >= 0.6 is 11.8 Å². The summed E-state index contributed by atoms with van der Waals surface area (Å²) < 4.78 is 1.56. The fourth-order valence-electron chi connectivity index (χ4n) is 1.73. The quantitative estimate of drug-likeness (QED) is 0.676. The fourth-order valence-corrected chi connectivity index (χ4v) is 2.66. The van der Waals surface area contributed by atoms with Crippen molar-refractivity contribution in [3.8, 4) is 0 Å². The van der Waals surface area contributed by atoms with Crippen LogP contribution in [0, 0.1) is 0 Å². The van der Waals surface area contributed by atoms with Crippen molar-refractivity contribution in [1.29, 1.82) is 0 Å². The molecule has 19 heavy (non-hydrogen) atoms. The second-order valence-corrected chi connectivity index (χ2v) is 5.43. The molecule has 6 heteroatoms. The normalized spacial score (nSPS) is 12.5. The molecule has 0 saturated heterocycles. The van der Waals surface area contributed by atoms with Crippen LogP contribution in [-0.4, -0.2) is 20.7 Å². The number of nitrogens with zero attached hydrogens (tertiary/aromatic N) is 2. The van der Waals surface area contributed by atoms with Gasteiger partial charge in [-0.05, 0) is 26.0 Å². The summed E-state index contributed by atoms with van der Waals surface area (Å²) >= 11 is 1.21. The molecule has 0 aliphatic carbocycles. The molecule has 1 amide bonds. The van der Waals surface area contributed by atoms with Crippen molar-refractivity contribution < 1.29 is 4.79 Å². The first-order valence-electron chi connectivity index (χ1n) is 6.00. The third-order valence-electron chi connectivity index (χ3n) is 2.83. The van der Waals surface area contributed by atoms with Gasteiger partial charge in [0.25, 0.3) is 5.56 Å². The minimum atomic E-state index is -0.425. The van der Waals surface area contributed by atoms with E-state index < -0.39 is 11.2 Å². The van der Waals surface area contributed by atoms with Gasteiger partial charge in [-0.3, -0.25) is 14.2 Å². The summed E-state index contributed by atoms with van der Waals surface area (Å²) in [4.78, 5) is 27.9. The van der Waals surface area contributed by atoms with Crippen LogP contribution < -0.4 is 11.3 Å². The number of hydrogen-bond acceptors (Lipinski definition) is 4. The third-order valence-corrected chi connectivity index (χ3v) is 3.93. The molecule has 2 rings (SSSR count). The maximum atomic E-state index is 12.3. The van der Waals surface area contributed by atoms with Crippen LogP contribution in [0.25, 0.3) is 10.9 Å². The molecule has 0 saturated carbocycles. The lowest BCUT2D eigenvalue weighted by Crippen LogP contribution is -2.26. The number of hydrogen-bond donors (Lipinski definition) is 1. The van der Waals surface area contributed by atoms with Gasteiger partial charge < -0.3 is 5.73 Å². The van der Waals surface area contributed by atoms with Gasteiger partial charge >= 0.3 is 0 Å². The molecule has 0 fully saturated rings. The molecule has 0 aliphatic rings. The molecule has 5 nitrogen and oxygen atoms in total. The second-order valence-electron chi connectivity index (χ2n) is 4.12. The van der Waals surface area contributed by atoms with Crippen molar-refractivity contribution in [2.24, 2.45) is 5.73 Å². The van der Waals surface area contributed by atoms with Gasteiger partial charge in [-0.1, -0.05) is 23.9 Å². The summed E-state index contributed by atoms with van der Waals surface area (Å²) in [7, 11) is 0. The Kier molecular flexibility index (Phi) is 3.90. The number of benzene rings is 1. The summed E-state index contributed by atoms with van der Waals surface area (Å²) in [6.45, 7) is 4.08. The Hall–Kier alpha value is -1.82. The van der Waals surface area contributed by atoms with Gasteiger partial charge in [-0.2, -0.15) is 0 Å². The standard InChI is InChI=1S/C13H15N3O2S/c1-3-16-12(18)9-6-4-5-7-10(9)15-13(16)19-8(2)11(14)17/h4-8H,3H2,1-2H3,(H2,14,17). The topological polar surface area (TPSA) is 78.0 Å². The van der Waals surface area contributed by atoms with Crippen molar-refractivity contribution in [2.75, 3.05) is 0 Å². The zero-order valence-corrected chi connectivity index (χ0v) is 11.6. The van der Waals surface area contributed by atoms with Crippen molar-refractivity contribution in [3.05, 3.63) is 34.6 Å². The predicted molar refractivity (Wildman–Crippen MR) is 76.2 cm³/mol. The number of aromatic nitrogens is 2. The highest BCUT2D eigenvalue weighted by atomic mass is 32.2. The van der Waals surface area contributed by atoms with E-state index in [1.54, 1.807) is 23.6 Å². The van der Waals surface area contributed by atoms with E-state index >= 15 is 0 Å². The maximum Gasteiger partial charge on any atom is 0.262 e. The van der Waals surface area contributed by atoms with E-state index in [9.17, 15) is 9.59 Å². The molecular weight excluding hydrogens is 262 g/mol. The number of thioether (sulfide) groups is 1. The lowest BCUT2D eigenvalue weighted by molar-refractivity contribution is -0.117. The molecule has 0 aliphatic heterocycles. The van der Waals surface area contributed by atoms with Crippen LogP contribution in [0.15, 0.2) is 34.2 Å². The smallest absolute Gasteiger partial charge is 0.262 e. The monoisotopic (exact) mass is 277 g/mol. The van der Waals surface area contributed by atoms with Crippen LogP contribution in [0.4, 0.5) is 0 Å². The molecule has 1 heterocycles. The first kappa shape index (κ1) is 13.6. The van der Waals surface area contributed by atoms with E-state index in [4.69, 9.17) is 5.73 Å². The van der Waals surface area contributed by atoms with Gasteiger partial charge in [0, 0.05) is 6.54 Å². The molecule has 1 atom stereocenters. The summed E-state index contributed by atoms with van der Waals surface area (Å²) in [5.74, 6) is -0.421. The first-order chi connectivity index (χ1) is 9.04. The van der Waals surface area contributed by atoms with E-state index in [2.05, 4.69) is 4.98 Å². The minimum Gasteiger partial charge on any atom is -0.369 e. The molecule has 2 N–H and O–H groups in total. The van der Waals surface area contributed by atoms with Crippen LogP contribution in [-0.2, 0) is 11.3 Å². The van der Waals surface area contributed by atoms with Gasteiger partial charge in [0.15, 0.2) is 5.16 Å². The van der Waals surface area contributed by atoms with Crippen molar-refractivity contribution in [2.45, 2.75) is 30.8 Å². The summed E-state index contributed by atoms with van der Waals surface area (Å²) in [5.41, 5.74) is 5.80. The van der Waals surface area contributed by atoms with Gasteiger partial charge in [0.2, 0.25) is 5.91 Å². The maximum absolute atomic E-state index is 12.3. The third kappa shape index (κ3) is 2.63. The Morgan fingerprint density at radius 1 is 1.47 bits per heavy atom. The molecule has 2 aromatic rings. The van der Waals surface area contributed by atoms with E-state index in [0.29, 0.717) is 22.6 Å². The number of rotatable bonds is 4.